The summed E-state index contributed by atoms with van der Waals surface area (Å²) >= 11 is 0. The number of benzene rings is 1. The smallest absolute Gasteiger partial charge is 0.318 e. The van der Waals surface area contributed by atoms with Crippen molar-refractivity contribution in [1.29, 1.82) is 0 Å². The Bertz CT molecular complexity index is 890. The number of carbonyl (C=O) groups is 2. The van der Waals surface area contributed by atoms with E-state index in [4.69, 9.17) is 0 Å². The van der Waals surface area contributed by atoms with Gasteiger partial charge >= 0.3 is 6.03 Å². The van der Waals surface area contributed by atoms with E-state index in [9.17, 15) is 14.0 Å². The van der Waals surface area contributed by atoms with E-state index in [1.165, 1.54) is 12.1 Å². The second-order valence-corrected chi connectivity index (χ2v) is 8.77. The fourth-order valence-electron chi connectivity index (χ4n) is 3.49. The van der Waals surface area contributed by atoms with Crippen molar-refractivity contribution in [3.8, 4) is 0 Å². The molecule has 0 spiro atoms. The first-order chi connectivity index (χ1) is 14.7. The van der Waals surface area contributed by atoms with Crippen LogP contribution < -0.4 is 16.0 Å². The molecule has 8 nitrogen and oxygen atoms in total. The Morgan fingerprint density at radius 1 is 1.26 bits per heavy atom. The molecule has 3 amide bonds. The first-order valence-electron chi connectivity index (χ1n) is 10.5. The first kappa shape index (κ1) is 22.7. The van der Waals surface area contributed by atoms with E-state index < -0.39 is 6.04 Å². The van der Waals surface area contributed by atoms with Crippen molar-refractivity contribution < 1.29 is 14.0 Å². The molecule has 168 valence electrons. The third-order valence-electron chi connectivity index (χ3n) is 5.03. The summed E-state index contributed by atoms with van der Waals surface area (Å²) in [5.74, 6) is -0.444. The molecule has 3 rings (SSSR count). The third-order valence-corrected chi connectivity index (χ3v) is 5.03. The fraction of sp³-hybridized carbons (Fsp3) is 0.500. The quantitative estimate of drug-likeness (QED) is 0.648. The SMILES string of the molecule is CC(C)(C)NC(=O)N1CCNC[C@@H]1C(=O)NCCc1cncn1Cc1ccc(F)cc1. The Hall–Kier alpha value is -2.94. The molecule has 2 aromatic rings. The molecular formula is C22H31FN6O2. The number of hydrogen-bond donors (Lipinski definition) is 3. The topological polar surface area (TPSA) is 91.3 Å². The van der Waals surface area contributed by atoms with Crippen LogP contribution >= 0.6 is 0 Å². The van der Waals surface area contributed by atoms with Crippen molar-refractivity contribution in [2.45, 2.75) is 45.3 Å². The van der Waals surface area contributed by atoms with Crippen LogP contribution in [0.3, 0.4) is 0 Å². The average Bonchev–Trinajstić information content (AvgIpc) is 3.15. The van der Waals surface area contributed by atoms with Crippen molar-refractivity contribution >= 4 is 11.9 Å². The van der Waals surface area contributed by atoms with Gasteiger partial charge in [0.2, 0.25) is 5.91 Å². The highest BCUT2D eigenvalue weighted by molar-refractivity contribution is 5.87. The first-order valence-corrected chi connectivity index (χ1v) is 10.5. The average molecular weight is 431 g/mol. The lowest BCUT2D eigenvalue weighted by Crippen LogP contribution is -2.63. The summed E-state index contributed by atoms with van der Waals surface area (Å²) in [5.41, 5.74) is 1.57. The van der Waals surface area contributed by atoms with Gasteiger partial charge < -0.3 is 25.4 Å². The van der Waals surface area contributed by atoms with E-state index in [1.807, 2.05) is 25.3 Å². The van der Waals surface area contributed by atoms with Gasteiger partial charge in [-0.05, 0) is 38.5 Å². The number of amides is 3. The highest BCUT2D eigenvalue weighted by Gasteiger charge is 2.33. The Balaban J connectivity index is 1.54. The van der Waals surface area contributed by atoms with Crippen LogP contribution in [-0.2, 0) is 17.8 Å². The molecule has 31 heavy (non-hydrogen) atoms. The number of imidazole rings is 1. The maximum absolute atomic E-state index is 13.1. The molecule has 0 radical (unpaired) electrons. The summed E-state index contributed by atoms with van der Waals surface area (Å²) in [6.07, 6.45) is 4.09. The van der Waals surface area contributed by atoms with Crippen molar-refractivity contribution in [2.75, 3.05) is 26.2 Å². The second kappa shape index (κ2) is 9.91. The number of carbonyl (C=O) groups excluding carboxylic acids is 2. The van der Waals surface area contributed by atoms with E-state index in [0.29, 0.717) is 39.1 Å². The minimum atomic E-state index is -0.555. The normalized spacial score (nSPS) is 16.8. The van der Waals surface area contributed by atoms with Gasteiger partial charge in [-0.2, -0.15) is 0 Å². The molecule has 1 fully saturated rings. The van der Waals surface area contributed by atoms with Gasteiger partial charge in [0.05, 0.1) is 6.33 Å². The Labute approximate surface area is 182 Å². The number of urea groups is 1. The minimum Gasteiger partial charge on any atom is -0.354 e. The van der Waals surface area contributed by atoms with Crippen LogP contribution in [0, 0.1) is 5.82 Å². The number of nitrogens with zero attached hydrogens (tertiary/aromatic N) is 3. The molecule has 0 unspecified atom stereocenters. The lowest BCUT2D eigenvalue weighted by molar-refractivity contribution is -0.125. The Morgan fingerprint density at radius 3 is 2.71 bits per heavy atom. The Kier molecular flexibility index (Phi) is 7.27. The molecule has 0 saturated carbocycles. The maximum atomic E-state index is 13.1. The molecule has 1 aliphatic rings. The van der Waals surface area contributed by atoms with Crippen LogP contribution in [0.2, 0.25) is 0 Å². The zero-order valence-corrected chi connectivity index (χ0v) is 18.3. The highest BCUT2D eigenvalue weighted by atomic mass is 19.1. The lowest BCUT2D eigenvalue weighted by atomic mass is 10.1. The summed E-state index contributed by atoms with van der Waals surface area (Å²) in [5, 5.41) is 9.06. The molecule has 2 heterocycles. The summed E-state index contributed by atoms with van der Waals surface area (Å²) in [6.45, 7) is 8.31. The summed E-state index contributed by atoms with van der Waals surface area (Å²) < 4.78 is 15.1. The number of aromatic nitrogens is 2. The van der Waals surface area contributed by atoms with Gasteiger partial charge in [-0.15, -0.1) is 0 Å². The van der Waals surface area contributed by atoms with E-state index in [2.05, 4.69) is 20.9 Å². The maximum Gasteiger partial charge on any atom is 0.318 e. The summed E-state index contributed by atoms with van der Waals surface area (Å²) in [4.78, 5) is 31.2. The van der Waals surface area contributed by atoms with Gasteiger partial charge in [0.25, 0.3) is 0 Å². The van der Waals surface area contributed by atoms with Gasteiger partial charge in [0.1, 0.15) is 11.9 Å². The summed E-state index contributed by atoms with van der Waals surface area (Å²) in [7, 11) is 0. The fourth-order valence-corrected chi connectivity index (χ4v) is 3.49. The molecule has 9 heteroatoms. The molecule has 1 aliphatic heterocycles. The number of hydrogen-bond acceptors (Lipinski definition) is 4. The minimum absolute atomic E-state index is 0.180. The van der Waals surface area contributed by atoms with Crippen LogP contribution in [-0.4, -0.2) is 64.1 Å². The van der Waals surface area contributed by atoms with Gasteiger partial charge in [0.15, 0.2) is 0 Å². The number of halogens is 1. The molecule has 1 atom stereocenters. The van der Waals surface area contributed by atoms with Crippen molar-refractivity contribution in [1.82, 2.24) is 30.4 Å². The highest BCUT2D eigenvalue weighted by Crippen LogP contribution is 2.10. The molecular weight excluding hydrogens is 399 g/mol. The van der Waals surface area contributed by atoms with Gasteiger partial charge in [-0.1, -0.05) is 12.1 Å². The predicted octanol–water partition coefficient (Wildman–Crippen LogP) is 1.51. The number of rotatable bonds is 6. The molecule has 1 saturated heterocycles. The molecule has 0 bridgehead atoms. The van der Waals surface area contributed by atoms with E-state index in [0.717, 1.165) is 11.3 Å². The van der Waals surface area contributed by atoms with Gasteiger partial charge in [-0.25, -0.2) is 14.2 Å². The van der Waals surface area contributed by atoms with E-state index in [-0.39, 0.29) is 23.3 Å². The molecule has 1 aromatic carbocycles. The second-order valence-electron chi connectivity index (χ2n) is 8.77. The molecule has 1 aromatic heterocycles. The van der Waals surface area contributed by atoms with Gasteiger partial charge in [0, 0.05) is 56.6 Å². The third kappa shape index (κ3) is 6.52. The zero-order valence-electron chi connectivity index (χ0n) is 18.3. The van der Waals surface area contributed by atoms with Crippen molar-refractivity contribution in [3.05, 3.63) is 53.9 Å². The lowest BCUT2D eigenvalue weighted by Gasteiger charge is -2.37. The molecule has 3 N–H and O–H groups in total. The van der Waals surface area contributed by atoms with Crippen molar-refractivity contribution in [2.24, 2.45) is 0 Å². The molecule has 0 aliphatic carbocycles. The number of nitrogens with one attached hydrogen (secondary N) is 3. The van der Waals surface area contributed by atoms with Crippen LogP contribution in [0.4, 0.5) is 9.18 Å². The Morgan fingerprint density at radius 2 is 2.00 bits per heavy atom. The standard InChI is InChI=1S/C22H31FN6O2/c1-22(2,3)27-21(31)29-11-10-24-13-19(29)20(30)26-9-8-18-12-25-15-28(18)14-16-4-6-17(23)7-5-16/h4-7,12,15,19,24H,8-11,13-14H2,1-3H3,(H,26,30)(H,27,31)/t19-/m1/s1. The van der Waals surface area contributed by atoms with Crippen LogP contribution in [0.1, 0.15) is 32.0 Å². The van der Waals surface area contributed by atoms with Gasteiger partial charge in [-0.3, -0.25) is 4.79 Å². The van der Waals surface area contributed by atoms with Crippen molar-refractivity contribution in [3.63, 3.8) is 0 Å². The zero-order chi connectivity index (χ0) is 22.4. The van der Waals surface area contributed by atoms with Crippen LogP contribution in [0.25, 0.3) is 0 Å². The van der Waals surface area contributed by atoms with E-state index in [1.54, 1.807) is 29.6 Å². The monoisotopic (exact) mass is 430 g/mol. The van der Waals surface area contributed by atoms with E-state index >= 15 is 0 Å². The summed E-state index contributed by atoms with van der Waals surface area (Å²) in [6, 6.07) is 5.58. The largest absolute Gasteiger partial charge is 0.354 e. The number of piperazine rings is 1. The predicted molar refractivity (Wildman–Crippen MR) is 116 cm³/mol. The van der Waals surface area contributed by atoms with Crippen LogP contribution in [0.5, 0.6) is 0 Å². The van der Waals surface area contributed by atoms with Crippen LogP contribution in [0.15, 0.2) is 36.8 Å².